The monoisotopic (exact) mass is 550 g/mol. The van der Waals surface area contributed by atoms with Crippen molar-refractivity contribution in [1.82, 2.24) is 14.7 Å². The predicted molar refractivity (Wildman–Crippen MR) is 150 cm³/mol. The lowest BCUT2D eigenvalue weighted by Gasteiger charge is -2.31. The molecule has 0 saturated carbocycles. The van der Waals surface area contributed by atoms with Gasteiger partial charge in [-0.2, -0.15) is 0 Å². The average molecular weight is 551 g/mol. The van der Waals surface area contributed by atoms with Crippen molar-refractivity contribution >= 4 is 29.0 Å². The number of hydrogen-bond donors (Lipinski definition) is 1. The number of amides is 3. The molecule has 1 N–H and O–H groups in total. The molecule has 5 rings (SSSR count). The quantitative estimate of drug-likeness (QED) is 0.408. The van der Waals surface area contributed by atoms with E-state index in [0.29, 0.717) is 56.6 Å². The summed E-state index contributed by atoms with van der Waals surface area (Å²) in [6.45, 7) is 7.17. The number of nitrogens with one attached hydrogen (secondary N) is 1. The maximum absolute atomic E-state index is 13.9. The summed E-state index contributed by atoms with van der Waals surface area (Å²) in [6.07, 6.45) is 0. The molecule has 2 aromatic carbocycles. The van der Waals surface area contributed by atoms with Gasteiger partial charge in [0.05, 0.1) is 19.8 Å². The van der Waals surface area contributed by atoms with Gasteiger partial charge in [0.1, 0.15) is 6.54 Å². The van der Waals surface area contributed by atoms with Crippen LogP contribution in [0.4, 0.5) is 10.5 Å². The fourth-order valence-electron chi connectivity index (χ4n) is 4.56. The second kappa shape index (κ2) is 13.0. The van der Waals surface area contributed by atoms with Crippen molar-refractivity contribution in [1.29, 1.82) is 0 Å². The first-order valence-electron chi connectivity index (χ1n) is 13.2. The number of para-hydroxylation sites is 1. The predicted octanol–water partition coefficient (Wildman–Crippen LogP) is 4.18. The SMILES string of the molecule is Cc1ccsc1CN(Cc1ccc2c(c1)OCO2)C(=O)CN(CCN1CCOCC1)C(=O)Nc1ccccc1. The van der Waals surface area contributed by atoms with Crippen molar-refractivity contribution in [2.24, 2.45) is 0 Å². The highest BCUT2D eigenvalue weighted by molar-refractivity contribution is 7.10. The Balaban J connectivity index is 1.33. The summed E-state index contributed by atoms with van der Waals surface area (Å²) in [7, 11) is 0. The van der Waals surface area contributed by atoms with Crippen LogP contribution in [-0.2, 0) is 22.6 Å². The van der Waals surface area contributed by atoms with E-state index < -0.39 is 0 Å². The lowest BCUT2D eigenvalue weighted by molar-refractivity contribution is -0.133. The summed E-state index contributed by atoms with van der Waals surface area (Å²) in [5, 5.41) is 4.99. The van der Waals surface area contributed by atoms with Crippen LogP contribution in [0.15, 0.2) is 60.0 Å². The molecule has 3 aromatic rings. The molecule has 0 aliphatic carbocycles. The number of morpholine rings is 1. The van der Waals surface area contributed by atoms with E-state index >= 15 is 0 Å². The number of carbonyl (C=O) groups excluding carboxylic acids is 2. The second-order valence-electron chi connectivity index (χ2n) is 9.64. The van der Waals surface area contributed by atoms with Crippen LogP contribution in [0.5, 0.6) is 11.5 Å². The maximum Gasteiger partial charge on any atom is 0.322 e. The first-order chi connectivity index (χ1) is 19.0. The zero-order valence-corrected chi connectivity index (χ0v) is 23.0. The van der Waals surface area contributed by atoms with E-state index in [0.717, 1.165) is 29.1 Å². The van der Waals surface area contributed by atoms with Crippen LogP contribution in [0.25, 0.3) is 0 Å². The van der Waals surface area contributed by atoms with Gasteiger partial charge in [0.15, 0.2) is 11.5 Å². The fourth-order valence-corrected chi connectivity index (χ4v) is 5.48. The number of ether oxygens (including phenoxy) is 3. The Kier molecular flexibility index (Phi) is 8.97. The van der Waals surface area contributed by atoms with E-state index in [9.17, 15) is 9.59 Å². The largest absolute Gasteiger partial charge is 0.454 e. The number of urea groups is 1. The minimum Gasteiger partial charge on any atom is -0.454 e. The van der Waals surface area contributed by atoms with Crippen LogP contribution in [0.2, 0.25) is 0 Å². The van der Waals surface area contributed by atoms with Crippen molar-refractivity contribution in [3.8, 4) is 11.5 Å². The average Bonchev–Trinajstić information content (AvgIpc) is 3.59. The van der Waals surface area contributed by atoms with Crippen molar-refractivity contribution < 1.29 is 23.8 Å². The van der Waals surface area contributed by atoms with Gasteiger partial charge in [0.25, 0.3) is 0 Å². The number of anilines is 1. The molecule has 0 atom stereocenters. The molecule has 0 bridgehead atoms. The summed E-state index contributed by atoms with van der Waals surface area (Å²) < 4.78 is 16.5. The standard InChI is InChI=1S/C29H34N4O5S/c1-22-9-16-39-27(22)19-33(18-23-7-8-25-26(17-23)38-21-37-25)28(34)20-32(11-10-31-12-14-36-15-13-31)29(35)30-24-5-3-2-4-6-24/h2-9,16-17H,10-15,18-21H2,1H3,(H,30,35). The van der Waals surface area contributed by atoms with Crippen molar-refractivity contribution in [2.45, 2.75) is 20.0 Å². The highest BCUT2D eigenvalue weighted by atomic mass is 32.1. The lowest BCUT2D eigenvalue weighted by Crippen LogP contribution is -2.48. The molecule has 0 unspecified atom stereocenters. The summed E-state index contributed by atoms with van der Waals surface area (Å²) >= 11 is 1.63. The van der Waals surface area contributed by atoms with E-state index in [2.05, 4.69) is 23.2 Å². The first kappa shape index (κ1) is 27.0. The van der Waals surface area contributed by atoms with E-state index in [-0.39, 0.29) is 25.3 Å². The molecule has 1 saturated heterocycles. The molecule has 0 spiro atoms. The first-order valence-corrected chi connectivity index (χ1v) is 14.0. The Morgan fingerprint density at radius 1 is 0.974 bits per heavy atom. The fraction of sp³-hybridized carbons (Fsp3) is 0.379. The topological polar surface area (TPSA) is 83.6 Å². The lowest BCUT2D eigenvalue weighted by atomic mass is 10.1. The zero-order chi connectivity index (χ0) is 27.0. The minimum atomic E-state index is -0.293. The van der Waals surface area contributed by atoms with Crippen LogP contribution in [0.1, 0.15) is 16.0 Å². The maximum atomic E-state index is 13.9. The van der Waals surface area contributed by atoms with Crippen LogP contribution in [-0.4, -0.2) is 79.4 Å². The van der Waals surface area contributed by atoms with E-state index in [1.165, 1.54) is 0 Å². The summed E-state index contributed by atoms with van der Waals surface area (Å²) in [5.74, 6) is 1.27. The minimum absolute atomic E-state index is 0.0298. The van der Waals surface area contributed by atoms with Gasteiger partial charge in [-0.3, -0.25) is 9.69 Å². The number of fused-ring (bicyclic) bond motifs is 1. The normalized spacial score (nSPS) is 14.7. The van der Waals surface area contributed by atoms with E-state index in [1.54, 1.807) is 16.2 Å². The number of benzene rings is 2. The molecule has 0 radical (unpaired) electrons. The highest BCUT2D eigenvalue weighted by Gasteiger charge is 2.24. The van der Waals surface area contributed by atoms with Crippen LogP contribution >= 0.6 is 11.3 Å². The van der Waals surface area contributed by atoms with E-state index in [4.69, 9.17) is 14.2 Å². The van der Waals surface area contributed by atoms with Gasteiger partial charge < -0.3 is 29.3 Å². The summed E-state index contributed by atoms with van der Waals surface area (Å²) in [5.41, 5.74) is 2.78. The van der Waals surface area contributed by atoms with Crippen LogP contribution in [0, 0.1) is 6.92 Å². The number of thiophene rings is 1. The molecule has 2 aliphatic rings. The molecule has 10 heteroatoms. The Bertz CT molecular complexity index is 1260. The molecule has 9 nitrogen and oxygen atoms in total. The number of carbonyl (C=O) groups is 2. The number of nitrogens with zero attached hydrogens (tertiary/aromatic N) is 3. The number of rotatable bonds is 10. The Morgan fingerprint density at radius 3 is 2.54 bits per heavy atom. The number of aryl methyl sites for hydroxylation is 1. The van der Waals surface area contributed by atoms with Gasteiger partial charge in [-0.15, -0.1) is 11.3 Å². The number of hydrogen-bond acceptors (Lipinski definition) is 7. The van der Waals surface area contributed by atoms with Gasteiger partial charge in [-0.05, 0) is 53.8 Å². The molecule has 3 heterocycles. The van der Waals surface area contributed by atoms with Crippen molar-refractivity contribution in [3.63, 3.8) is 0 Å². The molecule has 2 aliphatic heterocycles. The molecule has 1 fully saturated rings. The molecule has 206 valence electrons. The zero-order valence-electron chi connectivity index (χ0n) is 22.1. The molecule has 39 heavy (non-hydrogen) atoms. The molecule has 1 aromatic heterocycles. The third-order valence-corrected chi connectivity index (χ3v) is 7.90. The Labute approximate surface area is 232 Å². The van der Waals surface area contributed by atoms with Crippen molar-refractivity contribution in [2.75, 3.05) is 58.0 Å². The second-order valence-corrected chi connectivity index (χ2v) is 10.6. The smallest absolute Gasteiger partial charge is 0.322 e. The summed E-state index contributed by atoms with van der Waals surface area (Å²) in [4.78, 5) is 34.0. The van der Waals surface area contributed by atoms with Gasteiger partial charge in [0.2, 0.25) is 12.7 Å². The van der Waals surface area contributed by atoms with Crippen LogP contribution < -0.4 is 14.8 Å². The van der Waals surface area contributed by atoms with Crippen molar-refractivity contribution in [3.05, 3.63) is 76.0 Å². The highest BCUT2D eigenvalue weighted by Crippen LogP contribution is 2.33. The third kappa shape index (κ3) is 7.29. The summed E-state index contributed by atoms with van der Waals surface area (Å²) in [6, 6.07) is 16.8. The van der Waals surface area contributed by atoms with E-state index in [1.807, 2.05) is 58.8 Å². The Hall–Kier alpha value is -3.60. The van der Waals surface area contributed by atoms with Gasteiger partial charge in [-0.25, -0.2) is 4.79 Å². The van der Waals surface area contributed by atoms with Crippen LogP contribution in [0.3, 0.4) is 0 Å². The molecule has 3 amide bonds. The van der Waals surface area contributed by atoms with Gasteiger partial charge in [-0.1, -0.05) is 24.3 Å². The van der Waals surface area contributed by atoms with Gasteiger partial charge in [0, 0.05) is 43.3 Å². The third-order valence-electron chi connectivity index (χ3n) is 6.89. The Morgan fingerprint density at radius 2 is 1.77 bits per heavy atom. The molecular weight excluding hydrogens is 516 g/mol. The van der Waals surface area contributed by atoms with Gasteiger partial charge >= 0.3 is 6.03 Å². The molecular formula is C29H34N4O5S.